The lowest BCUT2D eigenvalue weighted by molar-refractivity contribution is 1.12. The number of nitrogens with zero attached hydrogens (tertiary/aromatic N) is 2. The van der Waals surface area contributed by atoms with E-state index in [0.29, 0.717) is 17.1 Å². The number of anilines is 1. The van der Waals surface area contributed by atoms with Gasteiger partial charge < -0.3 is 5.32 Å². The topological polar surface area (TPSA) is 48.7 Å². The predicted molar refractivity (Wildman–Crippen MR) is 70.3 cm³/mol. The largest absolute Gasteiger partial charge is 0.379 e. The molecule has 2 aromatic rings. The molecule has 1 N–H and O–H groups in total. The zero-order valence-corrected chi connectivity index (χ0v) is 10.8. The van der Waals surface area contributed by atoms with Gasteiger partial charge in [-0.05, 0) is 25.1 Å². The highest BCUT2D eigenvalue weighted by Gasteiger charge is 2.05. The molecular weight excluding hydrogens is 254 g/mol. The number of halogens is 1. The highest BCUT2D eigenvalue weighted by Crippen LogP contribution is 2.22. The molecule has 0 fully saturated rings. The van der Waals surface area contributed by atoms with Crippen molar-refractivity contribution in [2.45, 2.75) is 13.5 Å². The molecule has 0 aliphatic carbocycles. The first-order valence-electron chi connectivity index (χ1n) is 5.03. The Bertz CT molecular complexity index is 571. The Hall–Kier alpha value is -1.57. The minimum Gasteiger partial charge on any atom is -0.379 e. The van der Waals surface area contributed by atoms with Crippen LogP contribution in [-0.2, 0) is 6.54 Å². The zero-order valence-electron chi connectivity index (χ0n) is 9.20. The Kier molecular flexibility index (Phi) is 3.62. The molecule has 0 aliphatic rings. The van der Waals surface area contributed by atoms with E-state index in [-0.39, 0.29) is 0 Å². The number of hydrogen-bond donors (Lipinski definition) is 1. The zero-order chi connectivity index (χ0) is 12.3. The number of thiazole rings is 1. The Morgan fingerprint density at radius 2 is 2.35 bits per heavy atom. The predicted octanol–water partition coefficient (Wildman–Crippen LogP) is 3.59. The van der Waals surface area contributed by atoms with Gasteiger partial charge in [0.05, 0.1) is 29.0 Å². The van der Waals surface area contributed by atoms with E-state index in [1.807, 2.05) is 12.4 Å². The van der Waals surface area contributed by atoms with E-state index in [9.17, 15) is 0 Å². The van der Waals surface area contributed by atoms with E-state index in [1.165, 1.54) is 0 Å². The summed E-state index contributed by atoms with van der Waals surface area (Å²) in [5.74, 6) is 0. The minimum atomic E-state index is 0.594. The van der Waals surface area contributed by atoms with Gasteiger partial charge in [-0.15, -0.1) is 11.3 Å². The minimum absolute atomic E-state index is 0.594. The summed E-state index contributed by atoms with van der Waals surface area (Å²) in [6, 6.07) is 7.32. The van der Waals surface area contributed by atoms with Gasteiger partial charge in [-0.1, -0.05) is 11.6 Å². The third-order valence-electron chi connectivity index (χ3n) is 2.39. The number of nitrogens with one attached hydrogen (secondary N) is 1. The molecule has 1 heterocycles. The second-order valence-corrected chi connectivity index (χ2v) is 4.89. The molecule has 0 unspecified atom stereocenters. The molecule has 1 aromatic carbocycles. The molecule has 3 nitrogen and oxygen atoms in total. The lowest BCUT2D eigenvalue weighted by Gasteiger charge is -2.07. The van der Waals surface area contributed by atoms with Crippen molar-refractivity contribution in [3.05, 3.63) is 44.9 Å². The van der Waals surface area contributed by atoms with Crippen molar-refractivity contribution in [1.29, 1.82) is 5.26 Å². The fraction of sp³-hybridized carbons (Fsp3) is 0.167. The molecular formula is C12H10ClN3S. The lowest BCUT2D eigenvalue weighted by Crippen LogP contribution is -2.01. The summed E-state index contributed by atoms with van der Waals surface area (Å²) in [5, 5.41) is 12.8. The summed E-state index contributed by atoms with van der Waals surface area (Å²) in [6.07, 6.45) is 0. The van der Waals surface area contributed by atoms with E-state index >= 15 is 0 Å². The molecule has 17 heavy (non-hydrogen) atoms. The van der Waals surface area contributed by atoms with Gasteiger partial charge in [0.15, 0.2) is 0 Å². The number of hydrogen-bond acceptors (Lipinski definition) is 4. The van der Waals surface area contributed by atoms with E-state index < -0.39 is 0 Å². The van der Waals surface area contributed by atoms with Crippen molar-refractivity contribution < 1.29 is 0 Å². The van der Waals surface area contributed by atoms with Crippen LogP contribution in [0, 0.1) is 18.3 Å². The van der Waals surface area contributed by atoms with Gasteiger partial charge in [0.1, 0.15) is 6.07 Å². The number of benzene rings is 1. The summed E-state index contributed by atoms with van der Waals surface area (Å²) in [6.45, 7) is 2.63. The Morgan fingerprint density at radius 1 is 1.53 bits per heavy atom. The summed E-state index contributed by atoms with van der Waals surface area (Å²) in [4.78, 5) is 5.34. The smallest absolute Gasteiger partial charge is 0.101 e. The fourth-order valence-corrected chi connectivity index (χ4v) is 2.32. The molecule has 2 rings (SSSR count). The van der Waals surface area contributed by atoms with Crippen molar-refractivity contribution >= 4 is 28.6 Å². The first-order valence-corrected chi connectivity index (χ1v) is 6.29. The highest BCUT2D eigenvalue weighted by atomic mass is 35.5. The second kappa shape index (κ2) is 5.17. The van der Waals surface area contributed by atoms with E-state index in [2.05, 4.69) is 16.4 Å². The summed E-state index contributed by atoms with van der Waals surface area (Å²) in [7, 11) is 0. The van der Waals surface area contributed by atoms with Crippen LogP contribution < -0.4 is 5.32 Å². The van der Waals surface area contributed by atoms with Crippen molar-refractivity contribution in [1.82, 2.24) is 4.98 Å². The molecule has 0 atom stereocenters. The third-order valence-corrected chi connectivity index (χ3v) is 3.56. The quantitative estimate of drug-likeness (QED) is 0.921. The number of aryl methyl sites for hydroxylation is 1. The molecule has 0 saturated carbocycles. The number of aromatic nitrogens is 1. The Balaban J connectivity index is 2.17. The molecule has 1 aromatic heterocycles. The normalized spacial score (nSPS) is 9.94. The van der Waals surface area contributed by atoms with E-state index in [1.54, 1.807) is 29.5 Å². The van der Waals surface area contributed by atoms with Gasteiger partial charge in [0.25, 0.3) is 0 Å². The van der Waals surface area contributed by atoms with Gasteiger partial charge in [0, 0.05) is 9.90 Å². The summed E-state index contributed by atoms with van der Waals surface area (Å²) < 4.78 is 0. The standard InChI is InChI=1S/C12H10ClN3S/c1-8-12(17-7-16-8)6-15-11-4-10(13)3-2-9(11)5-14/h2-4,7,15H,6H2,1H3. The monoisotopic (exact) mass is 263 g/mol. The van der Waals surface area contributed by atoms with Crippen molar-refractivity contribution in [2.24, 2.45) is 0 Å². The van der Waals surface area contributed by atoms with Crippen LogP contribution in [0.25, 0.3) is 0 Å². The van der Waals surface area contributed by atoms with Crippen molar-refractivity contribution in [2.75, 3.05) is 5.32 Å². The maximum atomic E-state index is 8.98. The van der Waals surface area contributed by atoms with Crippen LogP contribution in [0.5, 0.6) is 0 Å². The van der Waals surface area contributed by atoms with Crippen LogP contribution in [0.2, 0.25) is 5.02 Å². The SMILES string of the molecule is Cc1ncsc1CNc1cc(Cl)ccc1C#N. The van der Waals surface area contributed by atoms with Crippen LogP contribution in [0.4, 0.5) is 5.69 Å². The Labute approximate surface area is 109 Å². The molecule has 0 amide bonds. The molecule has 0 bridgehead atoms. The molecule has 0 radical (unpaired) electrons. The van der Waals surface area contributed by atoms with Crippen LogP contribution in [0.15, 0.2) is 23.7 Å². The molecule has 0 aliphatic heterocycles. The molecule has 0 saturated heterocycles. The van der Waals surface area contributed by atoms with Crippen LogP contribution >= 0.6 is 22.9 Å². The Morgan fingerprint density at radius 3 is 3.00 bits per heavy atom. The lowest BCUT2D eigenvalue weighted by atomic mass is 10.2. The van der Waals surface area contributed by atoms with Crippen molar-refractivity contribution in [3.63, 3.8) is 0 Å². The van der Waals surface area contributed by atoms with Crippen LogP contribution in [0.1, 0.15) is 16.1 Å². The van der Waals surface area contributed by atoms with Gasteiger partial charge in [-0.25, -0.2) is 4.98 Å². The summed E-state index contributed by atoms with van der Waals surface area (Å²) >= 11 is 7.50. The highest BCUT2D eigenvalue weighted by molar-refractivity contribution is 7.09. The van der Waals surface area contributed by atoms with Gasteiger partial charge in [-0.3, -0.25) is 0 Å². The average Bonchev–Trinajstić information content (AvgIpc) is 2.72. The van der Waals surface area contributed by atoms with Gasteiger partial charge in [0.2, 0.25) is 0 Å². The number of nitriles is 1. The maximum absolute atomic E-state index is 8.98. The van der Waals surface area contributed by atoms with Gasteiger partial charge in [-0.2, -0.15) is 5.26 Å². The molecule has 0 spiro atoms. The van der Waals surface area contributed by atoms with E-state index in [0.717, 1.165) is 16.3 Å². The fourth-order valence-electron chi connectivity index (χ4n) is 1.43. The van der Waals surface area contributed by atoms with Crippen LogP contribution in [0.3, 0.4) is 0 Å². The second-order valence-electron chi connectivity index (χ2n) is 3.52. The first kappa shape index (κ1) is 11.9. The molecule has 5 heteroatoms. The number of rotatable bonds is 3. The van der Waals surface area contributed by atoms with Crippen molar-refractivity contribution in [3.8, 4) is 6.07 Å². The molecule has 86 valence electrons. The maximum Gasteiger partial charge on any atom is 0.101 e. The third kappa shape index (κ3) is 2.76. The van der Waals surface area contributed by atoms with Crippen LogP contribution in [-0.4, -0.2) is 4.98 Å². The van der Waals surface area contributed by atoms with Gasteiger partial charge >= 0.3 is 0 Å². The first-order chi connectivity index (χ1) is 8.20. The summed E-state index contributed by atoms with van der Waals surface area (Å²) in [5.41, 5.74) is 4.18. The average molecular weight is 264 g/mol. The van der Waals surface area contributed by atoms with E-state index in [4.69, 9.17) is 16.9 Å².